The molecule has 1 aromatic carbocycles. The highest BCUT2D eigenvalue weighted by atomic mass is 19.4. The van der Waals surface area contributed by atoms with E-state index in [4.69, 9.17) is 5.26 Å². The molecule has 1 fully saturated rings. The summed E-state index contributed by atoms with van der Waals surface area (Å²) in [6.07, 6.45) is -1.20. The van der Waals surface area contributed by atoms with Gasteiger partial charge in [0.05, 0.1) is 16.8 Å². The fourth-order valence-corrected chi connectivity index (χ4v) is 3.17. The van der Waals surface area contributed by atoms with Crippen LogP contribution in [0.1, 0.15) is 44.2 Å². The highest BCUT2D eigenvalue weighted by molar-refractivity contribution is 5.59. The predicted octanol–water partition coefficient (Wildman–Crippen LogP) is 4.81. The van der Waals surface area contributed by atoms with Crippen LogP contribution in [0.4, 0.5) is 18.9 Å². The number of anilines is 1. The van der Waals surface area contributed by atoms with Crippen LogP contribution in [-0.4, -0.2) is 6.04 Å². The lowest BCUT2D eigenvalue weighted by Gasteiger charge is -2.23. The molecule has 0 spiro atoms. The number of hydrogen-bond donors (Lipinski definition) is 1. The molecular weight excluding hydrogens is 277 g/mol. The molecule has 1 saturated carbocycles. The highest BCUT2D eigenvalue weighted by Crippen LogP contribution is 2.37. The molecule has 2 rings (SSSR count). The van der Waals surface area contributed by atoms with E-state index in [0.29, 0.717) is 17.5 Å². The fraction of sp³-hybridized carbons (Fsp3) is 0.562. The molecule has 1 aliphatic carbocycles. The minimum atomic E-state index is -4.42. The Morgan fingerprint density at radius 2 is 2.05 bits per heavy atom. The summed E-state index contributed by atoms with van der Waals surface area (Å²) in [6.45, 7) is 4.32. The Morgan fingerprint density at radius 1 is 1.33 bits per heavy atom. The van der Waals surface area contributed by atoms with Gasteiger partial charge in [0.25, 0.3) is 0 Å². The first-order valence-electron chi connectivity index (χ1n) is 7.24. The van der Waals surface area contributed by atoms with Crippen molar-refractivity contribution in [2.75, 3.05) is 5.32 Å². The van der Waals surface area contributed by atoms with E-state index in [9.17, 15) is 13.2 Å². The normalized spacial score (nSPS) is 25.6. The zero-order valence-corrected chi connectivity index (χ0v) is 12.2. The van der Waals surface area contributed by atoms with Gasteiger partial charge in [0, 0.05) is 6.04 Å². The summed E-state index contributed by atoms with van der Waals surface area (Å²) in [4.78, 5) is 0. The summed E-state index contributed by atoms with van der Waals surface area (Å²) in [7, 11) is 0. The zero-order chi connectivity index (χ0) is 15.6. The van der Waals surface area contributed by atoms with Gasteiger partial charge in [0.2, 0.25) is 0 Å². The molecule has 0 bridgehead atoms. The van der Waals surface area contributed by atoms with Gasteiger partial charge in [-0.1, -0.05) is 20.3 Å². The third kappa shape index (κ3) is 3.31. The average molecular weight is 296 g/mol. The van der Waals surface area contributed by atoms with E-state index in [1.54, 1.807) is 0 Å². The van der Waals surface area contributed by atoms with E-state index in [2.05, 4.69) is 19.2 Å². The number of nitrogens with zero attached hydrogens (tertiary/aromatic N) is 1. The van der Waals surface area contributed by atoms with Crippen LogP contribution in [0.2, 0.25) is 0 Å². The van der Waals surface area contributed by atoms with Crippen LogP contribution >= 0.6 is 0 Å². The van der Waals surface area contributed by atoms with Crippen molar-refractivity contribution in [3.63, 3.8) is 0 Å². The molecule has 1 aliphatic rings. The van der Waals surface area contributed by atoms with Crippen molar-refractivity contribution >= 4 is 5.69 Å². The molecule has 3 atom stereocenters. The van der Waals surface area contributed by atoms with Crippen LogP contribution in [0, 0.1) is 23.2 Å². The van der Waals surface area contributed by atoms with Gasteiger partial charge in [-0.15, -0.1) is 0 Å². The number of alkyl halides is 3. The van der Waals surface area contributed by atoms with E-state index < -0.39 is 11.7 Å². The Hall–Kier alpha value is -1.70. The van der Waals surface area contributed by atoms with Gasteiger partial charge in [-0.05, 0) is 42.9 Å². The van der Waals surface area contributed by atoms with Crippen molar-refractivity contribution in [2.24, 2.45) is 11.8 Å². The van der Waals surface area contributed by atoms with Gasteiger partial charge in [-0.25, -0.2) is 0 Å². The second-order valence-electron chi connectivity index (χ2n) is 5.73. The summed E-state index contributed by atoms with van der Waals surface area (Å²) in [5.41, 5.74) is -0.230. The molecule has 2 nitrogen and oxygen atoms in total. The molecule has 0 aliphatic heterocycles. The minimum absolute atomic E-state index is 0.0528. The number of nitrogens with one attached hydrogen (secondary N) is 1. The molecule has 0 aromatic heterocycles. The SMILES string of the molecule is CCC1CCC(Nc2ccc(C(F)(F)F)cc2C#N)C1C. The topological polar surface area (TPSA) is 35.8 Å². The Balaban J connectivity index is 2.20. The maximum atomic E-state index is 12.7. The largest absolute Gasteiger partial charge is 0.416 e. The molecule has 3 unspecified atom stereocenters. The Bertz CT molecular complexity index is 545. The van der Waals surface area contributed by atoms with Crippen LogP contribution in [0.3, 0.4) is 0 Å². The van der Waals surface area contributed by atoms with E-state index in [1.807, 2.05) is 6.07 Å². The molecule has 0 heterocycles. The monoisotopic (exact) mass is 296 g/mol. The molecule has 114 valence electrons. The molecule has 0 amide bonds. The second-order valence-corrected chi connectivity index (χ2v) is 5.73. The minimum Gasteiger partial charge on any atom is -0.381 e. The first kappa shape index (κ1) is 15.7. The van der Waals surface area contributed by atoms with Crippen LogP contribution in [0.5, 0.6) is 0 Å². The van der Waals surface area contributed by atoms with Crippen molar-refractivity contribution < 1.29 is 13.2 Å². The van der Waals surface area contributed by atoms with E-state index in [1.165, 1.54) is 6.07 Å². The van der Waals surface area contributed by atoms with Crippen molar-refractivity contribution in [1.29, 1.82) is 5.26 Å². The van der Waals surface area contributed by atoms with Gasteiger partial charge in [0.1, 0.15) is 6.07 Å². The van der Waals surface area contributed by atoms with Gasteiger partial charge in [-0.2, -0.15) is 18.4 Å². The zero-order valence-electron chi connectivity index (χ0n) is 12.2. The molecule has 1 aromatic rings. The summed E-state index contributed by atoms with van der Waals surface area (Å²) >= 11 is 0. The summed E-state index contributed by atoms with van der Waals surface area (Å²) < 4.78 is 38.0. The van der Waals surface area contributed by atoms with Gasteiger partial charge < -0.3 is 5.32 Å². The van der Waals surface area contributed by atoms with E-state index in [0.717, 1.165) is 31.4 Å². The Labute approximate surface area is 123 Å². The molecule has 1 N–H and O–H groups in total. The highest BCUT2D eigenvalue weighted by Gasteiger charge is 2.33. The fourth-order valence-electron chi connectivity index (χ4n) is 3.17. The van der Waals surface area contributed by atoms with E-state index >= 15 is 0 Å². The first-order chi connectivity index (χ1) is 9.86. The maximum Gasteiger partial charge on any atom is 0.416 e. The number of benzene rings is 1. The molecule has 21 heavy (non-hydrogen) atoms. The molecule has 5 heteroatoms. The van der Waals surface area contributed by atoms with E-state index in [-0.39, 0.29) is 11.6 Å². The summed E-state index contributed by atoms with van der Waals surface area (Å²) in [6, 6.07) is 5.39. The summed E-state index contributed by atoms with van der Waals surface area (Å²) in [5, 5.41) is 12.4. The quantitative estimate of drug-likeness (QED) is 0.868. The van der Waals surface area contributed by atoms with Crippen molar-refractivity contribution in [3.05, 3.63) is 29.3 Å². The van der Waals surface area contributed by atoms with Crippen molar-refractivity contribution in [2.45, 2.75) is 45.3 Å². The van der Waals surface area contributed by atoms with Gasteiger partial charge in [-0.3, -0.25) is 0 Å². The lowest BCUT2D eigenvalue weighted by Crippen LogP contribution is -2.25. The van der Waals surface area contributed by atoms with Crippen LogP contribution in [0.25, 0.3) is 0 Å². The van der Waals surface area contributed by atoms with Gasteiger partial charge in [0.15, 0.2) is 0 Å². The van der Waals surface area contributed by atoms with Crippen molar-refractivity contribution in [3.8, 4) is 6.07 Å². The number of rotatable bonds is 3. The predicted molar refractivity (Wildman–Crippen MR) is 75.7 cm³/mol. The number of halogens is 3. The Morgan fingerprint density at radius 3 is 2.57 bits per heavy atom. The smallest absolute Gasteiger partial charge is 0.381 e. The lowest BCUT2D eigenvalue weighted by atomic mass is 9.93. The van der Waals surface area contributed by atoms with Crippen LogP contribution in [0.15, 0.2) is 18.2 Å². The number of hydrogen-bond acceptors (Lipinski definition) is 2. The molecule has 0 saturated heterocycles. The molecule has 0 radical (unpaired) electrons. The molecular formula is C16H19F3N2. The standard InChI is InChI=1S/C16H19F3N2/c1-3-11-4-6-14(10(11)2)21-15-7-5-13(16(17,18)19)8-12(15)9-20/h5,7-8,10-11,14,21H,3-4,6H2,1-2H3. The maximum absolute atomic E-state index is 12.7. The first-order valence-corrected chi connectivity index (χ1v) is 7.24. The number of nitriles is 1. The average Bonchev–Trinajstić information content (AvgIpc) is 2.79. The van der Waals surface area contributed by atoms with Crippen LogP contribution < -0.4 is 5.32 Å². The Kier molecular flexibility index (Phi) is 4.46. The third-order valence-corrected chi connectivity index (χ3v) is 4.56. The van der Waals surface area contributed by atoms with Crippen molar-refractivity contribution in [1.82, 2.24) is 0 Å². The second kappa shape index (κ2) is 5.97. The van der Waals surface area contributed by atoms with Gasteiger partial charge >= 0.3 is 6.18 Å². The third-order valence-electron chi connectivity index (χ3n) is 4.56. The van der Waals surface area contributed by atoms with Crippen LogP contribution in [-0.2, 0) is 6.18 Å². The summed E-state index contributed by atoms with van der Waals surface area (Å²) in [5.74, 6) is 1.10. The lowest BCUT2D eigenvalue weighted by molar-refractivity contribution is -0.137.